The Hall–Kier alpha value is -2.93. The Labute approximate surface area is 126 Å². The third kappa shape index (κ3) is 4.57. The second-order valence-corrected chi connectivity index (χ2v) is 4.43. The number of nitrogens with zero attached hydrogens (tertiary/aromatic N) is 3. The van der Waals surface area contributed by atoms with Crippen LogP contribution in [-0.4, -0.2) is 19.0 Å². The van der Waals surface area contributed by atoms with E-state index < -0.39 is 11.7 Å². The van der Waals surface area contributed by atoms with Gasteiger partial charge in [-0.3, -0.25) is 0 Å². The molecule has 114 valence electrons. The van der Waals surface area contributed by atoms with Crippen molar-refractivity contribution in [1.29, 1.82) is 10.5 Å². The summed E-state index contributed by atoms with van der Waals surface area (Å²) in [7, 11) is 3.35. The highest BCUT2D eigenvalue weighted by molar-refractivity contribution is 5.49. The first-order chi connectivity index (χ1) is 10.3. The zero-order valence-corrected chi connectivity index (χ0v) is 11.9. The molecule has 1 rings (SSSR count). The first-order valence-corrected chi connectivity index (χ1v) is 6.11. The number of hydrogen-bond acceptors (Lipinski definition) is 4. The summed E-state index contributed by atoms with van der Waals surface area (Å²) in [5.74, 6) is 0. The summed E-state index contributed by atoms with van der Waals surface area (Å²) in [6.07, 6.45) is -1.42. The highest BCUT2D eigenvalue weighted by atomic mass is 19.4. The Morgan fingerprint density at radius 1 is 1.14 bits per heavy atom. The Morgan fingerprint density at radius 3 is 2.09 bits per heavy atom. The number of likely N-dealkylation sites (N-methyl/N-ethyl adjacent to an activating group) is 1. The highest BCUT2D eigenvalue weighted by Crippen LogP contribution is 2.29. The number of rotatable bonds is 4. The fourth-order valence-corrected chi connectivity index (χ4v) is 1.57. The molecule has 0 spiro atoms. The number of nitrogens with one attached hydrogen (secondary N) is 1. The minimum atomic E-state index is -4.37. The zero-order valence-electron chi connectivity index (χ0n) is 11.9. The number of halogens is 3. The van der Waals surface area contributed by atoms with Crippen molar-refractivity contribution in [3.8, 4) is 12.1 Å². The topological polar surface area (TPSA) is 62.9 Å². The van der Waals surface area contributed by atoms with E-state index in [1.165, 1.54) is 24.4 Å². The van der Waals surface area contributed by atoms with Gasteiger partial charge in [0, 0.05) is 26.0 Å². The normalized spacial score (nSPS) is 10.7. The van der Waals surface area contributed by atoms with Crippen LogP contribution in [0.15, 0.2) is 47.8 Å². The second-order valence-electron chi connectivity index (χ2n) is 4.43. The second kappa shape index (κ2) is 7.19. The summed E-state index contributed by atoms with van der Waals surface area (Å²) in [4.78, 5) is 1.59. The van der Waals surface area contributed by atoms with Gasteiger partial charge < -0.3 is 10.2 Å². The Morgan fingerprint density at radius 2 is 1.68 bits per heavy atom. The van der Waals surface area contributed by atoms with Crippen molar-refractivity contribution in [3.63, 3.8) is 0 Å². The molecule has 7 heteroatoms. The van der Waals surface area contributed by atoms with Crippen LogP contribution >= 0.6 is 0 Å². The predicted molar refractivity (Wildman–Crippen MR) is 76.1 cm³/mol. The molecular formula is C15H13F3N4. The zero-order chi connectivity index (χ0) is 16.8. The molecule has 0 saturated carbocycles. The van der Waals surface area contributed by atoms with E-state index in [0.29, 0.717) is 11.4 Å². The first-order valence-electron chi connectivity index (χ1n) is 6.11. The van der Waals surface area contributed by atoms with Crippen molar-refractivity contribution in [2.24, 2.45) is 0 Å². The minimum absolute atomic E-state index is 0.0598. The maximum atomic E-state index is 12.4. The molecule has 0 fully saturated rings. The van der Waals surface area contributed by atoms with E-state index in [2.05, 4.69) is 5.32 Å². The van der Waals surface area contributed by atoms with E-state index in [1.54, 1.807) is 31.1 Å². The first kappa shape index (κ1) is 17.1. The third-order valence-corrected chi connectivity index (χ3v) is 2.66. The summed E-state index contributed by atoms with van der Waals surface area (Å²) >= 11 is 0. The molecule has 0 bridgehead atoms. The standard InChI is InChI=1S/C15H13F3N4/c1-22(2)14(11(9-19)10-20)7-8-21-13-5-3-12(4-6-13)15(16,17)18/h3-8,21H,1-2H3. The molecule has 0 aromatic heterocycles. The molecule has 0 aliphatic heterocycles. The van der Waals surface area contributed by atoms with Crippen molar-refractivity contribution in [2.75, 3.05) is 19.4 Å². The number of anilines is 1. The number of allylic oxidation sites excluding steroid dienone is 2. The molecule has 0 unspecified atom stereocenters. The van der Waals surface area contributed by atoms with Gasteiger partial charge in [-0.05, 0) is 30.3 Å². The Bertz CT molecular complexity index is 640. The SMILES string of the molecule is CN(C)C(C=CNc1ccc(C(F)(F)F)cc1)=C(C#N)C#N. The summed E-state index contributed by atoms with van der Waals surface area (Å²) in [5, 5.41) is 20.5. The monoisotopic (exact) mass is 306 g/mol. The maximum Gasteiger partial charge on any atom is 0.416 e. The van der Waals surface area contributed by atoms with E-state index in [4.69, 9.17) is 10.5 Å². The largest absolute Gasteiger partial charge is 0.416 e. The number of benzene rings is 1. The molecule has 0 saturated heterocycles. The van der Waals surface area contributed by atoms with Gasteiger partial charge in [0.15, 0.2) is 5.57 Å². The van der Waals surface area contributed by atoms with Crippen LogP contribution in [0.25, 0.3) is 0 Å². The van der Waals surface area contributed by atoms with Gasteiger partial charge in [0.25, 0.3) is 0 Å². The molecule has 22 heavy (non-hydrogen) atoms. The minimum Gasteiger partial charge on any atom is -0.376 e. The lowest BCUT2D eigenvalue weighted by Gasteiger charge is -2.13. The third-order valence-electron chi connectivity index (χ3n) is 2.66. The van der Waals surface area contributed by atoms with Crippen LogP contribution in [0.1, 0.15) is 5.56 Å². The smallest absolute Gasteiger partial charge is 0.376 e. The summed E-state index contributed by atoms with van der Waals surface area (Å²) in [6.45, 7) is 0. The molecule has 4 nitrogen and oxygen atoms in total. The number of nitriles is 2. The van der Waals surface area contributed by atoms with E-state index in [-0.39, 0.29) is 5.57 Å². The molecule has 1 N–H and O–H groups in total. The van der Waals surface area contributed by atoms with Crippen LogP contribution in [-0.2, 0) is 6.18 Å². The van der Waals surface area contributed by atoms with Gasteiger partial charge in [-0.1, -0.05) is 0 Å². The molecule has 0 aliphatic rings. The van der Waals surface area contributed by atoms with Crippen LogP contribution < -0.4 is 5.32 Å². The fraction of sp³-hybridized carbons (Fsp3) is 0.200. The van der Waals surface area contributed by atoms with Crippen LogP contribution in [0.4, 0.5) is 18.9 Å². The van der Waals surface area contributed by atoms with Crippen molar-refractivity contribution < 1.29 is 13.2 Å². The molecule has 0 radical (unpaired) electrons. The molecule has 0 atom stereocenters. The van der Waals surface area contributed by atoms with Crippen LogP contribution in [0.5, 0.6) is 0 Å². The van der Waals surface area contributed by atoms with Gasteiger partial charge in [-0.25, -0.2) is 0 Å². The summed E-state index contributed by atoms with van der Waals surface area (Å²) < 4.78 is 37.3. The van der Waals surface area contributed by atoms with Gasteiger partial charge in [-0.2, -0.15) is 23.7 Å². The van der Waals surface area contributed by atoms with Gasteiger partial charge in [0.1, 0.15) is 12.1 Å². The summed E-state index contributed by atoms with van der Waals surface area (Å²) in [6, 6.07) is 8.08. The van der Waals surface area contributed by atoms with Gasteiger partial charge in [0.05, 0.1) is 11.3 Å². The van der Waals surface area contributed by atoms with Gasteiger partial charge in [-0.15, -0.1) is 0 Å². The predicted octanol–water partition coefficient (Wildman–Crippen LogP) is 3.49. The summed E-state index contributed by atoms with van der Waals surface area (Å²) in [5.41, 5.74) is 0.0601. The molecular weight excluding hydrogens is 293 g/mol. The van der Waals surface area contributed by atoms with Crippen LogP contribution in [0, 0.1) is 22.7 Å². The lowest BCUT2D eigenvalue weighted by Crippen LogP contribution is -2.11. The number of alkyl halides is 3. The average molecular weight is 306 g/mol. The van der Waals surface area contributed by atoms with Crippen molar-refractivity contribution in [1.82, 2.24) is 4.90 Å². The van der Waals surface area contributed by atoms with Crippen LogP contribution in [0.3, 0.4) is 0 Å². The van der Waals surface area contributed by atoms with E-state index in [0.717, 1.165) is 12.1 Å². The lowest BCUT2D eigenvalue weighted by molar-refractivity contribution is -0.137. The Balaban J connectivity index is 2.88. The van der Waals surface area contributed by atoms with Gasteiger partial charge >= 0.3 is 6.18 Å². The Kier molecular flexibility index (Phi) is 5.59. The number of hydrogen-bond donors (Lipinski definition) is 1. The van der Waals surface area contributed by atoms with Gasteiger partial charge in [0.2, 0.25) is 0 Å². The van der Waals surface area contributed by atoms with Crippen LogP contribution in [0.2, 0.25) is 0 Å². The fourth-order valence-electron chi connectivity index (χ4n) is 1.57. The molecule has 0 aliphatic carbocycles. The van der Waals surface area contributed by atoms with E-state index in [9.17, 15) is 13.2 Å². The van der Waals surface area contributed by atoms with Crippen molar-refractivity contribution >= 4 is 5.69 Å². The molecule has 0 amide bonds. The maximum absolute atomic E-state index is 12.4. The molecule has 1 aromatic rings. The van der Waals surface area contributed by atoms with Crippen molar-refractivity contribution in [2.45, 2.75) is 6.18 Å². The quantitative estimate of drug-likeness (QED) is 0.683. The van der Waals surface area contributed by atoms with E-state index >= 15 is 0 Å². The van der Waals surface area contributed by atoms with E-state index in [1.807, 2.05) is 0 Å². The lowest BCUT2D eigenvalue weighted by atomic mass is 10.2. The van der Waals surface area contributed by atoms with Crippen molar-refractivity contribution in [3.05, 3.63) is 53.4 Å². The average Bonchev–Trinajstić information content (AvgIpc) is 2.46. The highest BCUT2D eigenvalue weighted by Gasteiger charge is 2.29. The molecule has 0 heterocycles. The molecule has 1 aromatic carbocycles.